The molecule has 4 heteroatoms. The molecule has 1 aromatic carbocycles. The maximum absolute atomic E-state index is 12.9. The first-order chi connectivity index (χ1) is 15.2. The smallest absolute Gasteiger partial charge is 0.237 e. The molecule has 0 saturated carbocycles. The predicted octanol–water partition coefficient (Wildman–Crippen LogP) is 6.99. The van der Waals surface area contributed by atoms with Gasteiger partial charge in [-0.2, -0.15) is 0 Å². The zero-order valence-electron chi connectivity index (χ0n) is 24.0. The third-order valence-corrected chi connectivity index (χ3v) is 7.98. The van der Waals surface area contributed by atoms with Crippen molar-refractivity contribution < 1.29 is 9.90 Å². The van der Waals surface area contributed by atoms with Gasteiger partial charge in [-0.15, -0.1) is 0 Å². The lowest BCUT2D eigenvalue weighted by Crippen LogP contribution is -2.70. The van der Waals surface area contributed by atoms with Crippen molar-refractivity contribution in [2.24, 2.45) is 5.73 Å². The van der Waals surface area contributed by atoms with Crippen molar-refractivity contribution in [3.63, 3.8) is 0 Å². The number of unbranched alkanes of at least 4 members (excludes halogenated alkanes) is 1. The van der Waals surface area contributed by atoms with Crippen molar-refractivity contribution in [1.29, 1.82) is 0 Å². The second-order valence-electron chi connectivity index (χ2n) is 14.2. The fraction of sp³-hybridized carbons (Fsp3) is 0.767. The Morgan fingerprint density at radius 2 is 1.35 bits per heavy atom. The lowest BCUT2D eigenvalue weighted by Gasteiger charge is -2.59. The molecule has 1 heterocycles. The Labute approximate surface area is 209 Å². The van der Waals surface area contributed by atoms with Crippen LogP contribution in [0.5, 0.6) is 5.75 Å². The van der Waals surface area contributed by atoms with E-state index in [9.17, 15) is 9.90 Å². The molecule has 0 spiro atoms. The fourth-order valence-electron chi connectivity index (χ4n) is 6.46. The molecule has 0 bridgehead atoms. The average Bonchev–Trinajstić information content (AvgIpc) is 2.62. The number of nitrogens with zero attached hydrogens (tertiary/aromatic N) is 1. The van der Waals surface area contributed by atoms with E-state index in [1.807, 2.05) is 0 Å². The van der Waals surface area contributed by atoms with Crippen LogP contribution in [0.15, 0.2) is 12.1 Å². The topological polar surface area (TPSA) is 66.6 Å². The molecule has 1 amide bonds. The van der Waals surface area contributed by atoms with E-state index in [2.05, 4.69) is 93.2 Å². The molecule has 34 heavy (non-hydrogen) atoms. The van der Waals surface area contributed by atoms with E-state index in [0.717, 1.165) is 49.7 Å². The number of hydrogen-bond acceptors (Lipinski definition) is 3. The van der Waals surface area contributed by atoms with Crippen LogP contribution in [-0.2, 0) is 22.0 Å². The minimum absolute atomic E-state index is 0.0638. The summed E-state index contributed by atoms with van der Waals surface area (Å²) in [5.74, 6) is 0.213. The van der Waals surface area contributed by atoms with Crippen LogP contribution in [-0.4, -0.2) is 32.5 Å². The Morgan fingerprint density at radius 1 is 0.912 bits per heavy atom. The lowest BCUT2D eigenvalue weighted by molar-refractivity contribution is -0.150. The van der Waals surface area contributed by atoms with E-state index in [4.69, 9.17) is 5.73 Å². The van der Waals surface area contributed by atoms with Gasteiger partial charge in [0.1, 0.15) is 5.75 Å². The summed E-state index contributed by atoms with van der Waals surface area (Å²) in [4.78, 5) is 15.3. The molecule has 1 unspecified atom stereocenters. The number of amides is 1. The SMILES string of the molecule is CC(C)(C)c1cc(CCCCC(C)(C(N)=O)N2C(C)(C)CCCC2(C)C)cc(C(C)(C)C)c1O. The molecular formula is C30H52N2O2. The van der Waals surface area contributed by atoms with Gasteiger partial charge in [-0.05, 0) is 101 Å². The monoisotopic (exact) mass is 472 g/mol. The van der Waals surface area contributed by atoms with Crippen LogP contribution in [0, 0.1) is 0 Å². The minimum atomic E-state index is -0.671. The zero-order chi connectivity index (χ0) is 26.3. The first-order valence-electron chi connectivity index (χ1n) is 13.2. The summed E-state index contributed by atoms with van der Waals surface area (Å²) in [5, 5.41) is 11.0. The molecule has 1 aromatic rings. The molecule has 1 saturated heterocycles. The molecule has 1 aliphatic heterocycles. The van der Waals surface area contributed by atoms with E-state index in [0.29, 0.717) is 5.75 Å². The number of benzene rings is 1. The maximum atomic E-state index is 12.9. The second-order valence-corrected chi connectivity index (χ2v) is 14.2. The maximum Gasteiger partial charge on any atom is 0.237 e. The number of aromatic hydroxyl groups is 1. The van der Waals surface area contributed by atoms with E-state index in [1.165, 1.54) is 12.0 Å². The fourth-order valence-corrected chi connectivity index (χ4v) is 6.46. The summed E-state index contributed by atoms with van der Waals surface area (Å²) in [5.41, 5.74) is 8.30. The summed E-state index contributed by atoms with van der Waals surface area (Å²) in [6, 6.07) is 4.35. The molecule has 0 radical (unpaired) electrons. The van der Waals surface area contributed by atoms with E-state index in [-0.39, 0.29) is 27.8 Å². The summed E-state index contributed by atoms with van der Waals surface area (Å²) in [6.07, 6.45) is 6.93. The van der Waals surface area contributed by atoms with Crippen LogP contribution in [0.3, 0.4) is 0 Å². The van der Waals surface area contributed by atoms with E-state index in [1.54, 1.807) is 0 Å². The van der Waals surface area contributed by atoms with Gasteiger partial charge in [-0.25, -0.2) is 0 Å². The highest BCUT2D eigenvalue weighted by Gasteiger charge is 2.52. The van der Waals surface area contributed by atoms with Crippen LogP contribution in [0.1, 0.15) is 131 Å². The quantitative estimate of drug-likeness (QED) is 0.420. The van der Waals surface area contributed by atoms with Gasteiger partial charge in [0.25, 0.3) is 0 Å². The predicted molar refractivity (Wildman–Crippen MR) is 145 cm³/mol. The van der Waals surface area contributed by atoms with Gasteiger partial charge in [0.15, 0.2) is 0 Å². The Bertz CT molecular complexity index is 835. The third kappa shape index (κ3) is 5.98. The van der Waals surface area contributed by atoms with Gasteiger partial charge in [0, 0.05) is 11.1 Å². The highest BCUT2D eigenvalue weighted by atomic mass is 16.3. The molecule has 2 rings (SSSR count). The van der Waals surface area contributed by atoms with Gasteiger partial charge >= 0.3 is 0 Å². The normalized spacial score (nSPS) is 20.7. The number of phenols is 1. The van der Waals surface area contributed by atoms with Crippen LogP contribution in [0.25, 0.3) is 0 Å². The number of hydrogen-bond donors (Lipinski definition) is 2. The number of primary amides is 1. The highest BCUT2D eigenvalue weighted by molar-refractivity contribution is 5.84. The Hall–Kier alpha value is -1.55. The Kier molecular flexibility index (Phi) is 8.00. The summed E-state index contributed by atoms with van der Waals surface area (Å²) in [7, 11) is 0. The molecule has 1 atom stereocenters. The van der Waals surface area contributed by atoms with Crippen LogP contribution < -0.4 is 5.73 Å². The minimum Gasteiger partial charge on any atom is -0.507 e. The molecule has 1 aliphatic rings. The number of nitrogens with two attached hydrogens (primary N) is 1. The van der Waals surface area contributed by atoms with Crippen molar-refractivity contribution in [2.45, 2.75) is 149 Å². The van der Waals surface area contributed by atoms with Gasteiger partial charge in [0.05, 0.1) is 5.54 Å². The van der Waals surface area contributed by atoms with Crippen molar-refractivity contribution >= 4 is 5.91 Å². The summed E-state index contributed by atoms with van der Waals surface area (Å²) < 4.78 is 0. The van der Waals surface area contributed by atoms with Crippen LogP contribution >= 0.6 is 0 Å². The lowest BCUT2D eigenvalue weighted by atomic mass is 9.73. The Morgan fingerprint density at radius 3 is 1.74 bits per heavy atom. The van der Waals surface area contributed by atoms with Crippen molar-refractivity contribution in [2.75, 3.05) is 0 Å². The number of likely N-dealkylation sites (tertiary alicyclic amines) is 1. The number of rotatable bonds is 7. The van der Waals surface area contributed by atoms with Crippen LogP contribution in [0.4, 0.5) is 0 Å². The summed E-state index contributed by atoms with van der Waals surface area (Å²) >= 11 is 0. The average molecular weight is 473 g/mol. The van der Waals surface area contributed by atoms with Crippen molar-refractivity contribution in [1.82, 2.24) is 4.90 Å². The van der Waals surface area contributed by atoms with Gasteiger partial charge in [-0.3, -0.25) is 9.69 Å². The molecular weight excluding hydrogens is 420 g/mol. The van der Waals surface area contributed by atoms with Crippen molar-refractivity contribution in [3.05, 3.63) is 28.8 Å². The molecule has 0 aromatic heterocycles. The molecule has 1 fully saturated rings. The molecule has 0 aliphatic carbocycles. The van der Waals surface area contributed by atoms with Gasteiger partial charge in [-0.1, -0.05) is 60.1 Å². The van der Waals surface area contributed by atoms with Crippen molar-refractivity contribution in [3.8, 4) is 5.75 Å². The van der Waals surface area contributed by atoms with E-state index < -0.39 is 5.54 Å². The molecule has 194 valence electrons. The molecule has 4 nitrogen and oxygen atoms in total. The van der Waals surface area contributed by atoms with Gasteiger partial charge in [0.2, 0.25) is 5.91 Å². The number of aryl methyl sites for hydroxylation is 1. The first kappa shape index (κ1) is 28.7. The van der Waals surface area contributed by atoms with E-state index >= 15 is 0 Å². The standard InChI is InChI=1S/C30H52N2O2/c1-26(2,3)22-19-21(20-23(24(22)33)27(4,5)6)15-12-13-18-30(11,25(31)34)32-28(7,8)16-14-17-29(32,9)10/h19-20,33H,12-18H2,1-11H3,(H2,31,34). The second kappa shape index (κ2) is 9.48. The number of carbonyl (C=O) groups is 1. The third-order valence-electron chi connectivity index (χ3n) is 7.98. The van der Waals surface area contributed by atoms with Crippen LogP contribution in [0.2, 0.25) is 0 Å². The molecule has 3 N–H and O–H groups in total. The zero-order valence-corrected chi connectivity index (χ0v) is 24.0. The number of carbonyl (C=O) groups excluding carboxylic acids is 1. The Balaban J connectivity index is 2.25. The van der Waals surface area contributed by atoms with Gasteiger partial charge < -0.3 is 10.8 Å². The number of piperidine rings is 1. The summed E-state index contributed by atoms with van der Waals surface area (Å²) in [6.45, 7) is 24.0. The largest absolute Gasteiger partial charge is 0.507 e. The first-order valence-corrected chi connectivity index (χ1v) is 13.2. The highest BCUT2D eigenvalue weighted by Crippen LogP contribution is 2.45. The number of phenolic OH excluding ortho intramolecular Hbond substituents is 1.